The van der Waals surface area contributed by atoms with Gasteiger partial charge in [-0.25, -0.2) is 0 Å². The van der Waals surface area contributed by atoms with Gasteiger partial charge in [0.25, 0.3) is 0 Å². The van der Waals surface area contributed by atoms with Crippen molar-refractivity contribution in [1.82, 2.24) is 0 Å². The van der Waals surface area contributed by atoms with E-state index in [0.717, 1.165) is 16.7 Å². The molecule has 0 aliphatic rings. The molecule has 29 heavy (non-hydrogen) atoms. The quantitative estimate of drug-likeness (QED) is 0.516. The maximum Gasteiger partial charge on any atom is 0.127 e. The first-order chi connectivity index (χ1) is 12.8. The summed E-state index contributed by atoms with van der Waals surface area (Å²) in [5.74, 6) is 0.413. The molecular formula is C28H42O. The first-order valence-corrected chi connectivity index (χ1v) is 10.9. The van der Waals surface area contributed by atoms with Crippen molar-refractivity contribution >= 4 is 0 Å². The van der Waals surface area contributed by atoms with E-state index in [9.17, 15) is 5.11 Å². The summed E-state index contributed by atoms with van der Waals surface area (Å²) in [7, 11) is 0. The molecule has 2 rings (SSSR count). The molecule has 0 aliphatic heterocycles. The fourth-order valence-corrected chi connectivity index (χ4v) is 3.51. The third-order valence-corrected chi connectivity index (χ3v) is 5.76. The van der Waals surface area contributed by atoms with Crippen LogP contribution in [0.2, 0.25) is 0 Å². The van der Waals surface area contributed by atoms with Crippen molar-refractivity contribution in [3.05, 3.63) is 52.6 Å². The van der Waals surface area contributed by atoms with Crippen LogP contribution < -0.4 is 0 Å². The number of benzene rings is 2. The number of rotatable bonds is 1. The van der Waals surface area contributed by atoms with E-state index in [1.807, 2.05) is 0 Å². The fourth-order valence-electron chi connectivity index (χ4n) is 3.51. The Balaban J connectivity index is 2.93. The molecule has 0 unspecified atom stereocenters. The van der Waals surface area contributed by atoms with Gasteiger partial charge in [-0.15, -0.1) is 0 Å². The van der Waals surface area contributed by atoms with Crippen molar-refractivity contribution in [2.24, 2.45) is 0 Å². The van der Waals surface area contributed by atoms with E-state index in [4.69, 9.17) is 0 Å². The summed E-state index contributed by atoms with van der Waals surface area (Å²) >= 11 is 0. The normalized spacial score (nSPS) is 13.7. The Morgan fingerprint density at radius 1 is 0.483 bits per heavy atom. The largest absolute Gasteiger partial charge is 0.507 e. The van der Waals surface area contributed by atoms with Crippen molar-refractivity contribution < 1.29 is 5.11 Å². The molecule has 0 aromatic heterocycles. The molecule has 0 saturated heterocycles. The van der Waals surface area contributed by atoms with Gasteiger partial charge in [-0.05, 0) is 50.0 Å². The standard InChI is InChI=1S/C28H42O/c1-25(2,3)19-13-18(14-20(15-19)26(4,5)6)22-16-21(27(7,8)9)17-23(24(22)29)28(10,11)12/h13-17,29H,1-12H3. The third kappa shape index (κ3) is 5.24. The molecule has 1 heteroatoms. The van der Waals surface area contributed by atoms with Gasteiger partial charge in [0.15, 0.2) is 0 Å². The summed E-state index contributed by atoms with van der Waals surface area (Å²) in [5, 5.41) is 11.4. The lowest BCUT2D eigenvalue weighted by molar-refractivity contribution is 0.446. The van der Waals surface area contributed by atoms with Gasteiger partial charge in [-0.2, -0.15) is 0 Å². The molecule has 0 radical (unpaired) electrons. The Labute approximate surface area is 179 Å². The maximum atomic E-state index is 11.4. The van der Waals surface area contributed by atoms with Gasteiger partial charge in [0.1, 0.15) is 5.75 Å². The zero-order valence-electron chi connectivity index (χ0n) is 20.8. The van der Waals surface area contributed by atoms with Crippen LogP contribution in [0.4, 0.5) is 0 Å². The first kappa shape index (κ1) is 23.5. The SMILES string of the molecule is CC(C)(C)c1cc(-c2cc(C(C)(C)C)cc(C(C)(C)C)c2O)cc(C(C)(C)C)c1. The number of phenolic OH excluding ortho intramolecular Hbond substituents is 1. The van der Waals surface area contributed by atoms with Crippen LogP contribution in [0.15, 0.2) is 30.3 Å². The van der Waals surface area contributed by atoms with Crippen LogP contribution in [-0.4, -0.2) is 5.11 Å². The molecule has 0 bridgehead atoms. The van der Waals surface area contributed by atoms with Crippen LogP contribution in [0.3, 0.4) is 0 Å². The Hall–Kier alpha value is -1.76. The lowest BCUT2D eigenvalue weighted by atomic mass is 9.76. The zero-order chi connectivity index (χ0) is 22.6. The van der Waals surface area contributed by atoms with Gasteiger partial charge in [0.05, 0.1) is 0 Å². The second kappa shape index (κ2) is 7.18. The smallest absolute Gasteiger partial charge is 0.127 e. The Kier molecular flexibility index (Phi) is 5.83. The molecule has 1 nitrogen and oxygen atoms in total. The molecule has 0 aliphatic carbocycles. The summed E-state index contributed by atoms with van der Waals surface area (Å²) in [6.07, 6.45) is 0. The zero-order valence-corrected chi connectivity index (χ0v) is 20.8. The van der Waals surface area contributed by atoms with Crippen molar-refractivity contribution in [2.45, 2.75) is 105 Å². The van der Waals surface area contributed by atoms with E-state index in [1.54, 1.807) is 0 Å². The highest BCUT2D eigenvalue weighted by Gasteiger charge is 2.27. The maximum absolute atomic E-state index is 11.4. The summed E-state index contributed by atoms with van der Waals surface area (Å²) in [6.45, 7) is 26.8. The van der Waals surface area contributed by atoms with Gasteiger partial charge < -0.3 is 5.11 Å². The molecule has 0 spiro atoms. The summed E-state index contributed by atoms with van der Waals surface area (Å²) in [4.78, 5) is 0. The minimum Gasteiger partial charge on any atom is -0.507 e. The van der Waals surface area contributed by atoms with Gasteiger partial charge in [0, 0.05) is 11.1 Å². The van der Waals surface area contributed by atoms with Gasteiger partial charge in [-0.3, -0.25) is 0 Å². The van der Waals surface area contributed by atoms with Crippen LogP contribution in [0.1, 0.15) is 105 Å². The third-order valence-electron chi connectivity index (χ3n) is 5.76. The lowest BCUT2D eigenvalue weighted by Crippen LogP contribution is -2.18. The molecule has 2 aromatic carbocycles. The van der Waals surface area contributed by atoms with E-state index in [1.165, 1.54) is 16.7 Å². The van der Waals surface area contributed by atoms with E-state index < -0.39 is 0 Å². The molecule has 1 N–H and O–H groups in total. The summed E-state index contributed by atoms with van der Waals surface area (Å²) in [6, 6.07) is 11.3. The van der Waals surface area contributed by atoms with Crippen molar-refractivity contribution in [1.29, 1.82) is 0 Å². The minimum atomic E-state index is -0.130. The van der Waals surface area contributed by atoms with Gasteiger partial charge in [0.2, 0.25) is 0 Å². The summed E-state index contributed by atoms with van der Waals surface area (Å²) in [5.41, 5.74) is 6.89. The molecule has 0 fully saturated rings. The van der Waals surface area contributed by atoms with Gasteiger partial charge >= 0.3 is 0 Å². The molecular weight excluding hydrogens is 352 g/mol. The average molecular weight is 395 g/mol. The Morgan fingerprint density at radius 3 is 1.21 bits per heavy atom. The number of hydrogen-bond donors (Lipinski definition) is 1. The van der Waals surface area contributed by atoms with Crippen LogP contribution in [0.25, 0.3) is 11.1 Å². The highest BCUT2D eigenvalue weighted by molar-refractivity contribution is 5.75. The van der Waals surface area contributed by atoms with Crippen LogP contribution in [-0.2, 0) is 21.7 Å². The number of phenols is 1. The molecule has 0 saturated carbocycles. The fraction of sp³-hybridized carbons (Fsp3) is 0.571. The second-order valence-electron chi connectivity index (χ2n) is 12.7. The first-order valence-electron chi connectivity index (χ1n) is 10.9. The lowest BCUT2D eigenvalue weighted by Gasteiger charge is -2.29. The minimum absolute atomic E-state index is 0.0109. The topological polar surface area (TPSA) is 20.2 Å². The predicted molar refractivity (Wildman–Crippen MR) is 128 cm³/mol. The Morgan fingerprint density at radius 2 is 0.862 bits per heavy atom. The van der Waals surface area contributed by atoms with Crippen molar-refractivity contribution in [3.8, 4) is 16.9 Å². The van der Waals surface area contributed by atoms with E-state index >= 15 is 0 Å². The Bertz CT molecular complexity index is 856. The van der Waals surface area contributed by atoms with Crippen molar-refractivity contribution in [3.63, 3.8) is 0 Å². The predicted octanol–water partition coefficient (Wildman–Crippen LogP) is 8.25. The number of aromatic hydroxyl groups is 1. The molecule has 0 heterocycles. The second-order valence-corrected chi connectivity index (χ2v) is 12.7. The summed E-state index contributed by atoms with van der Waals surface area (Å²) < 4.78 is 0. The average Bonchev–Trinajstić information content (AvgIpc) is 2.50. The highest BCUT2D eigenvalue weighted by atomic mass is 16.3. The molecule has 2 aromatic rings. The van der Waals surface area contributed by atoms with Crippen LogP contribution in [0.5, 0.6) is 5.75 Å². The van der Waals surface area contributed by atoms with E-state index in [2.05, 4.69) is 113 Å². The van der Waals surface area contributed by atoms with Gasteiger partial charge in [-0.1, -0.05) is 107 Å². The van der Waals surface area contributed by atoms with E-state index in [-0.39, 0.29) is 21.7 Å². The molecule has 0 amide bonds. The monoisotopic (exact) mass is 394 g/mol. The highest BCUT2D eigenvalue weighted by Crippen LogP contribution is 2.43. The van der Waals surface area contributed by atoms with E-state index in [0.29, 0.717) is 5.75 Å². The van der Waals surface area contributed by atoms with Crippen LogP contribution in [0, 0.1) is 0 Å². The van der Waals surface area contributed by atoms with Crippen molar-refractivity contribution in [2.75, 3.05) is 0 Å². The molecule has 0 atom stereocenters. The molecule has 160 valence electrons. The number of hydrogen-bond acceptors (Lipinski definition) is 1. The van der Waals surface area contributed by atoms with Crippen LogP contribution >= 0.6 is 0 Å².